The van der Waals surface area contributed by atoms with E-state index in [1.54, 1.807) is 36.2 Å². The molecule has 0 bridgehead atoms. The number of anilines is 1. The summed E-state index contributed by atoms with van der Waals surface area (Å²) in [6, 6.07) is 15.4. The molecule has 0 aromatic heterocycles. The standard InChI is InChI=1S/C19H21ClN2O2/c1-21(19(23)16-3-2-4-17(20)13-16)14-15-5-7-18(8-6-15)22-9-11-24-12-10-22/h2-8,13H,9-12,14H2,1H3. The van der Waals surface area contributed by atoms with E-state index in [0.29, 0.717) is 17.1 Å². The lowest BCUT2D eigenvalue weighted by Crippen LogP contribution is -2.36. The second kappa shape index (κ2) is 7.69. The first-order chi connectivity index (χ1) is 11.6. The van der Waals surface area contributed by atoms with Crippen molar-refractivity contribution >= 4 is 23.2 Å². The van der Waals surface area contributed by atoms with E-state index in [9.17, 15) is 4.79 Å². The fraction of sp³-hybridized carbons (Fsp3) is 0.316. The number of ether oxygens (including phenoxy) is 1. The Balaban J connectivity index is 1.63. The number of benzene rings is 2. The Kier molecular flexibility index (Phi) is 5.38. The molecule has 1 amide bonds. The van der Waals surface area contributed by atoms with Crippen LogP contribution < -0.4 is 4.90 Å². The first-order valence-corrected chi connectivity index (χ1v) is 8.44. The Morgan fingerprint density at radius 3 is 2.54 bits per heavy atom. The number of rotatable bonds is 4. The van der Waals surface area contributed by atoms with E-state index in [1.165, 1.54) is 5.69 Å². The number of carbonyl (C=O) groups excluding carboxylic acids is 1. The summed E-state index contributed by atoms with van der Waals surface area (Å²) >= 11 is 5.96. The molecule has 3 rings (SSSR count). The molecule has 1 saturated heterocycles. The third kappa shape index (κ3) is 4.08. The Morgan fingerprint density at radius 2 is 1.88 bits per heavy atom. The van der Waals surface area contributed by atoms with E-state index in [1.807, 2.05) is 0 Å². The van der Waals surface area contributed by atoms with Gasteiger partial charge in [-0.2, -0.15) is 0 Å². The topological polar surface area (TPSA) is 32.8 Å². The summed E-state index contributed by atoms with van der Waals surface area (Å²) in [4.78, 5) is 16.5. The molecule has 0 saturated carbocycles. The molecular formula is C19H21ClN2O2. The lowest BCUT2D eigenvalue weighted by Gasteiger charge is -2.29. The Labute approximate surface area is 147 Å². The van der Waals surface area contributed by atoms with Gasteiger partial charge in [0.05, 0.1) is 13.2 Å². The van der Waals surface area contributed by atoms with Crippen LogP contribution in [-0.4, -0.2) is 44.2 Å². The number of carbonyl (C=O) groups is 1. The summed E-state index contributed by atoms with van der Waals surface area (Å²) in [6.45, 7) is 3.96. The van der Waals surface area contributed by atoms with Crippen molar-refractivity contribution in [1.29, 1.82) is 0 Å². The maximum absolute atomic E-state index is 12.5. The number of amides is 1. The molecule has 1 heterocycles. The molecular weight excluding hydrogens is 324 g/mol. The van der Waals surface area contributed by atoms with Gasteiger partial charge in [0.25, 0.3) is 5.91 Å². The van der Waals surface area contributed by atoms with Crippen LogP contribution in [0.25, 0.3) is 0 Å². The third-order valence-corrected chi connectivity index (χ3v) is 4.39. The van der Waals surface area contributed by atoms with Crippen molar-refractivity contribution in [2.45, 2.75) is 6.54 Å². The van der Waals surface area contributed by atoms with Gasteiger partial charge in [0, 0.05) is 43.0 Å². The first-order valence-electron chi connectivity index (χ1n) is 8.06. The zero-order valence-electron chi connectivity index (χ0n) is 13.7. The van der Waals surface area contributed by atoms with E-state index in [-0.39, 0.29) is 5.91 Å². The highest BCUT2D eigenvalue weighted by molar-refractivity contribution is 6.30. The summed E-state index contributed by atoms with van der Waals surface area (Å²) in [7, 11) is 1.80. The molecule has 2 aromatic carbocycles. The fourth-order valence-corrected chi connectivity index (χ4v) is 3.01. The van der Waals surface area contributed by atoms with Crippen LogP contribution in [0.2, 0.25) is 5.02 Å². The van der Waals surface area contributed by atoms with Crippen molar-refractivity contribution in [2.75, 3.05) is 38.3 Å². The average Bonchev–Trinajstić information content (AvgIpc) is 2.62. The number of halogens is 1. The quantitative estimate of drug-likeness (QED) is 0.851. The normalized spacial score (nSPS) is 14.5. The summed E-state index contributed by atoms with van der Waals surface area (Å²) < 4.78 is 5.38. The molecule has 5 heteroatoms. The van der Waals surface area contributed by atoms with Gasteiger partial charge in [0.1, 0.15) is 0 Å². The van der Waals surface area contributed by atoms with Crippen LogP contribution in [0.3, 0.4) is 0 Å². The van der Waals surface area contributed by atoms with Crippen LogP contribution in [0.15, 0.2) is 48.5 Å². The Bertz CT molecular complexity index is 697. The number of hydrogen-bond acceptors (Lipinski definition) is 3. The summed E-state index contributed by atoms with van der Waals surface area (Å²) in [5.74, 6) is -0.0326. The van der Waals surface area contributed by atoms with Gasteiger partial charge in [0.2, 0.25) is 0 Å². The molecule has 2 aromatic rings. The van der Waals surface area contributed by atoms with E-state index >= 15 is 0 Å². The third-order valence-electron chi connectivity index (χ3n) is 4.15. The molecule has 0 N–H and O–H groups in total. The van der Waals surface area contributed by atoms with Crippen molar-refractivity contribution in [1.82, 2.24) is 4.90 Å². The van der Waals surface area contributed by atoms with Crippen molar-refractivity contribution in [3.05, 3.63) is 64.7 Å². The molecule has 24 heavy (non-hydrogen) atoms. The van der Waals surface area contributed by atoms with Gasteiger partial charge < -0.3 is 14.5 Å². The van der Waals surface area contributed by atoms with Gasteiger partial charge in [-0.15, -0.1) is 0 Å². The van der Waals surface area contributed by atoms with E-state index in [2.05, 4.69) is 29.2 Å². The average molecular weight is 345 g/mol. The lowest BCUT2D eigenvalue weighted by molar-refractivity contribution is 0.0785. The molecule has 4 nitrogen and oxygen atoms in total. The minimum Gasteiger partial charge on any atom is -0.378 e. The predicted octanol–water partition coefficient (Wildman–Crippen LogP) is 3.45. The molecule has 1 aliphatic rings. The molecule has 0 aliphatic carbocycles. The van der Waals surface area contributed by atoms with Crippen LogP contribution >= 0.6 is 11.6 Å². The maximum atomic E-state index is 12.5. The zero-order chi connectivity index (χ0) is 16.9. The highest BCUT2D eigenvalue weighted by Crippen LogP contribution is 2.18. The van der Waals surface area contributed by atoms with Crippen molar-refractivity contribution in [3.8, 4) is 0 Å². The lowest BCUT2D eigenvalue weighted by atomic mass is 10.1. The van der Waals surface area contributed by atoms with Crippen LogP contribution in [0, 0.1) is 0 Å². The number of nitrogens with zero attached hydrogens (tertiary/aromatic N) is 2. The first kappa shape index (κ1) is 16.8. The van der Waals surface area contributed by atoms with Crippen LogP contribution in [-0.2, 0) is 11.3 Å². The van der Waals surface area contributed by atoms with Crippen molar-refractivity contribution in [3.63, 3.8) is 0 Å². The minimum absolute atomic E-state index is 0.0326. The molecule has 1 fully saturated rings. The molecule has 0 radical (unpaired) electrons. The van der Waals surface area contributed by atoms with Gasteiger partial charge >= 0.3 is 0 Å². The zero-order valence-corrected chi connectivity index (χ0v) is 14.5. The largest absolute Gasteiger partial charge is 0.378 e. The maximum Gasteiger partial charge on any atom is 0.253 e. The van der Waals surface area contributed by atoms with Gasteiger partial charge in [-0.25, -0.2) is 0 Å². The van der Waals surface area contributed by atoms with E-state index in [0.717, 1.165) is 31.9 Å². The molecule has 0 spiro atoms. The van der Waals surface area contributed by atoms with E-state index < -0.39 is 0 Å². The highest BCUT2D eigenvalue weighted by Gasteiger charge is 2.14. The SMILES string of the molecule is CN(Cc1ccc(N2CCOCC2)cc1)C(=O)c1cccc(Cl)c1. The number of morpholine rings is 1. The predicted molar refractivity (Wildman–Crippen MR) is 96.7 cm³/mol. The molecule has 1 aliphatic heterocycles. The second-order valence-electron chi connectivity index (χ2n) is 5.94. The highest BCUT2D eigenvalue weighted by atomic mass is 35.5. The Morgan fingerprint density at radius 1 is 1.17 bits per heavy atom. The Hall–Kier alpha value is -2.04. The summed E-state index contributed by atoms with van der Waals surface area (Å²) in [6.07, 6.45) is 0. The summed E-state index contributed by atoms with van der Waals surface area (Å²) in [5.41, 5.74) is 2.91. The smallest absolute Gasteiger partial charge is 0.253 e. The van der Waals surface area contributed by atoms with Crippen LogP contribution in [0.5, 0.6) is 0 Å². The van der Waals surface area contributed by atoms with Crippen LogP contribution in [0.4, 0.5) is 5.69 Å². The van der Waals surface area contributed by atoms with Gasteiger partial charge in [-0.3, -0.25) is 4.79 Å². The van der Waals surface area contributed by atoms with Gasteiger partial charge in [-0.05, 0) is 35.9 Å². The van der Waals surface area contributed by atoms with Gasteiger partial charge in [-0.1, -0.05) is 29.8 Å². The number of hydrogen-bond donors (Lipinski definition) is 0. The monoisotopic (exact) mass is 344 g/mol. The molecule has 0 atom stereocenters. The van der Waals surface area contributed by atoms with Crippen molar-refractivity contribution in [2.24, 2.45) is 0 Å². The minimum atomic E-state index is -0.0326. The molecule has 126 valence electrons. The summed E-state index contributed by atoms with van der Waals surface area (Å²) in [5, 5.41) is 0.573. The fourth-order valence-electron chi connectivity index (χ4n) is 2.82. The van der Waals surface area contributed by atoms with Crippen LogP contribution in [0.1, 0.15) is 15.9 Å². The van der Waals surface area contributed by atoms with E-state index in [4.69, 9.17) is 16.3 Å². The second-order valence-corrected chi connectivity index (χ2v) is 6.37. The van der Waals surface area contributed by atoms with Gasteiger partial charge in [0.15, 0.2) is 0 Å². The van der Waals surface area contributed by atoms with Crippen molar-refractivity contribution < 1.29 is 9.53 Å². The molecule has 0 unspecified atom stereocenters.